The van der Waals surface area contributed by atoms with Crippen LogP contribution in [0.1, 0.15) is 69.8 Å². The molecule has 1 N–H and O–H groups in total. The first-order valence-corrected chi connectivity index (χ1v) is 7.34. The second-order valence-electron chi connectivity index (χ2n) is 5.58. The second-order valence-corrected chi connectivity index (χ2v) is 5.58. The van der Waals surface area contributed by atoms with Gasteiger partial charge in [-0.25, -0.2) is 9.97 Å². The van der Waals surface area contributed by atoms with E-state index >= 15 is 0 Å². The molecule has 2 rings (SSSR count). The van der Waals surface area contributed by atoms with Crippen LogP contribution in [-0.4, -0.2) is 21.2 Å². The van der Waals surface area contributed by atoms with Crippen molar-refractivity contribution in [2.75, 3.05) is 0 Å². The van der Waals surface area contributed by atoms with Crippen LogP contribution in [0.2, 0.25) is 0 Å². The van der Waals surface area contributed by atoms with Crippen molar-refractivity contribution in [3.05, 3.63) is 17.7 Å². The van der Waals surface area contributed by atoms with Crippen molar-refractivity contribution in [3.8, 4) is 5.75 Å². The van der Waals surface area contributed by atoms with Gasteiger partial charge < -0.3 is 9.84 Å². The summed E-state index contributed by atoms with van der Waals surface area (Å²) in [6.07, 6.45) is 9.22. The molecule has 0 radical (unpaired) electrons. The Hall–Kier alpha value is -1.16. The van der Waals surface area contributed by atoms with Gasteiger partial charge in [0.05, 0.1) is 18.9 Å². The molecule has 1 aromatic heterocycles. The molecular formula is C15H24N2O2. The zero-order valence-corrected chi connectivity index (χ0v) is 11.9. The summed E-state index contributed by atoms with van der Waals surface area (Å²) in [5, 5.41) is 9.44. The summed E-state index contributed by atoms with van der Waals surface area (Å²) in [7, 11) is 0. The third kappa shape index (κ3) is 3.90. The zero-order valence-electron chi connectivity index (χ0n) is 11.9. The summed E-state index contributed by atoms with van der Waals surface area (Å²) in [6, 6.07) is 0. The summed E-state index contributed by atoms with van der Waals surface area (Å²) >= 11 is 0. The molecule has 1 saturated carbocycles. The van der Waals surface area contributed by atoms with E-state index in [1.807, 2.05) is 13.8 Å². The predicted octanol–water partition coefficient (Wildman–Crippen LogP) is 3.19. The van der Waals surface area contributed by atoms with Crippen LogP contribution < -0.4 is 4.74 Å². The van der Waals surface area contributed by atoms with Crippen molar-refractivity contribution in [1.82, 2.24) is 9.97 Å². The molecule has 1 fully saturated rings. The molecule has 0 unspecified atom stereocenters. The third-order valence-electron chi connectivity index (χ3n) is 3.61. The lowest BCUT2D eigenvalue weighted by Gasteiger charge is -2.18. The van der Waals surface area contributed by atoms with Gasteiger partial charge in [-0.1, -0.05) is 26.7 Å². The molecule has 0 amide bonds. The quantitative estimate of drug-likeness (QED) is 0.848. The van der Waals surface area contributed by atoms with Gasteiger partial charge in [-0.3, -0.25) is 0 Å². The van der Waals surface area contributed by atoms with Gasteiger partial charge >= 0.3 is 0 Å². The molecule has 1 aromatic rings. The molecule has 0 saturated heterocycles. The van der Waals surface area contributed by atoms with Crippen LogP contribution in [0.5, 0.6) is 5.75 Å². The maximum atomic E-state index is 9.44. The molecule has 1 heterocycles. The molecule has 4 heteroatoms. The molecule has 0 aliphatic heterocycles. The van der Waals surface area contributed by atoms with Gasteiger partial charge in [0.25, 0.3) is 0 Å². The van der Waals surface area contributed by atoms with E-state index in [0.717, 1.165) is 18.7 Å². The van der Waals surface area contributed by atoms with Crippen LogP contribution in [-0.2, 0) is 6.61 Å². The fourth-order valence-corrected chi connectivity index (χ4v) is 2.45. The third-order valence-corrected chi connectivity index (χ3v) is 3.61. The van der Waals surface area contributed by atoms with Crippen molar-refractivity contribution in [3.63, 3.8) is 0 Å². The number of rotatable bonds is 4. The number of aliphatic hydroxyl groups is 1. The van der Waals surface area contributed by atoms with Crippen LogP contribution >= 0.6 is 0 Å². The Morgan fingerprint density at radius 1 is 1.26 bits per heavy atom. The Bertz CT molecular complexity index is 399. The van der Waals surface area contributed by atoms with E-state index in [9.17, 15) is 5.11 Å². The Balaban J connectivity index is 2.10. The maximum absolute atomic E-state index is 9.44. The van der Waals surface area contributed by atoms with Crippen LogP contribution in [0.15, 0.2) is 6.20 Å². The average molecular weight is 264 g/mol. The Kier molecular flexibility index (Phi) is 5.14. The molecular weight excluding hydrogens is 240 g/mol. The highest BCUT2D eigenvalue weighted by Crippen LogP contribution is 2.25. The summed E-state index contributed by atoms with van der Waals surface area (Å²) in [4.78, 5) is 8.72. The van der Waals surface area contributed by atoms with Crippen LogP contribution in [0.25, 0.3) is 0 Å². The Labute approximate surface area is 115 Å². The Morgan fingerprint density at radius 2 is 1.95 bits per heavy atom. The van der Waals surface area contributed by atoms with Gasteiger partial charge in [0, 0.05) is 5.92 Å². The summed E-state index contributed by atoms with van der Waals surface area (Å²) in [6.45, 7) is 3.99. The van der Waals surface area contributed by atoms with Crippen molar-refractivity contribution in [2.24, 2.45) is 0 Å². The predicted molar refractivity (Wildman–Crippen MR) is 74.2 cm³/mol. The number of ether oxygens (including phenoxy) is 1. The van der Waals surface area contributed by atoms with Crippen molar-refractivity contribution >= 4 is 0 Å². The highest BCUT2D eigenvalue weighted by molar-refractivity contribution is 5.25. The van der Waals surface area contributed by atoms with Crippen molar-refractivity contribution in [2.45, 2.75) is 71.0 Å². The summed E-state index contributed by atoms with van der Waals surface area (Å²) < 4.78 is 6.01. The van der Waals surface area contributed by atoms with Gasteiger partial charge in [0.1, 0.15) is 11.5 Å². The molecule has 4 nitrogen and oxygen atoms in total. The number of hydrogen-bond donors (Lipinski definition) is 1. The normalized spacial score (nSPS) is 17.5. The number of aliphatic hydroxyl groups excluding tert-OH is 1. The van der Waals surface area contributed by atoms with Crippen LogP contribution in [0, 0.1) is 0 Å². The van der Waals surface area contributed by atoms with Gasteiger partial charge in [-0.2, -0.15) is 0 Å². The lowest BCUT2D eigenvalue weighted by molar-refractivity contribution is 0.173. The molecule has 0 bridgehead atoms. The highest BCUT2D eigenvalue weighted by atomic mass is 16.5. The van der Waals surface area contributed by atoms with E-state index in [-0.39, 0.29) is 18.6 Å². The smallest absolute Gasteiger partial charge is 0.161 e. The largest absolute Gasteiger partial charge is 0.487 e. The standard InChI is InChI=1S/C15H24N2O2/c1-11(2)15-16-9-14(13(10-18)17-15)19-12-7-5-3-4-6-8-12/h9,11-12,18H,3-8,10H2,1-2H3. The molecule has 1 aliphatic rings. The van der Waals surface area contributed by atoms with Crippen molar-refractivity contribution in [1.29, 1.82) is 0 Å². The first-order chi connectivity index (χ1) is 9.20. The van der Waals surface area contributed by atoms with Crippen LogP contribution in [0.3, 0.4) is 0 Å². The van der Waals surface area contributed by atoms with E-state index in [2.05, 4.69) is 9.97 Å². The van der Waals surface area contributed by atoms with Crippen molar-refractivity contribution < 1.29 is 9.84 Å². The SMILES string of the molecule is CC(C)c1ncc(OC2CCCCCC2)c(CO)n1. The van der Waals surface area contributed by atoms with E-state index in [1.54, 1.807) is 6.20 Å². The van der Waals surface area contributed by atoms with Crippen LogP contribution in [0.4, 0.5) is 0 Å². The minimum absolute atomic E-state index is 0.0930. The minimum Gasteiger partial charge on any atom is -0.487 e. The average Bonchev–Trinajstić information content (AvgIpc) is 2.67. The van der Waals surface area contributed by atoms with Gasteiger partial charge in [-0.05, 0) is 25.7 Å². The van der Waals surface area contributed by atoms with Gasteiger partial charge in [0.2, 0.25) is 0 Å². The zero-order chi connectivity index (χ0) is 13.7. The number of aromatic nitrogens is 2. The first-order valence-electron chi connectivity index (χ1n) is 7.34. The number of hydrogen-bond acceptors (Lipinski definition) is 4. The second kappa shape index (κ2) is 6.85. The minimum atomic E-state index is -0.0930. The van der Waals surface area contributed by atoms with Gasteiger partial charge in [-0.15, -0.1) is 0 Å². The van der Waals surface area contributed by atoms with E-state index < -0.39 is 0 Å². The van der Waals surface area contributed by atoms with E-state index in [1.165, 1.54) is 25.7 Å². The maximum Gasteiger partial charge on any atom is 0.161 e. The molecule has 19 heavy (non-hydrogen) atoms. The lowest BCUT2D eigenvalue weighted by Crippen LogP contribution is -2.17. The summed E-state index contributed by atoms with van der Waals surface area (Å²) in [5.41, 5.74) is 0.614. The molecule has 106 valence electrons. The monoisotopic (exact) mass is 264 g/mol. The summed E-state index contributed by atoms with van der Waals surface area (Å²) in [5.74, 6) is 1.67. The molecule has 1 aliphatic carbocycles. The molecule has 0 atom stereocenters. The fourth-order valence-electron chi connectivity index (χ4n) is 2.45. The first kappa shape index (κ1) is 14.3. The van der Waals surface area contributed by atoms with Gasteiger partial charge in [0.15, 0.2) is 5.75 Å². The number of nitrogens with zero attached hydrogens (tertiary/aromatic N) is 2. The van der Waals surface area contributed by atoms with E-state index in [4.69, 9.17) is 4.74 Å². The molecule has 0 spiro atoms. The lowest BCUT2D eigenvalue weighted by atomic mass is 10.1. The highest BCUT2D eigenvalue weighted by Gasteiger charge is 2.17. The van der Waals surface area contributed by atoms with E-state index in [0.29, 0.717) is 11.4 Å². The molecule has 0 aromatic carbocycles. The topological polar surface area (TPSA) is 55.2 Å². The fraction of sp³-hybridized carbons (Fsp3) is 0.733. The Morgan fingerprint density at radius 3 is 2.53 bits per heavy atom.